The molecule has 1 fully saturated rings. The van der Waals surface area contributed by atoms with Gasteiger partial charge in [0.1, 0.15) is 11.9 Å². The summed E-state index contributed by atoms with van der Waals surface area (Å²) >= 11 is 0. The SMILES string of the molecule is C=C(c1cc2c(c(C)n1)OCC2C)C1CC1.CC.NC#CO. The van der Waals surface area contributed by atoms with Gasteiger partial charge in [0, 0.05) is 17.5 Å². The minimum atomic E-state index is 0.488. The van der Waals surface area contributed by atoms with Crippen molar-refractivity contribution >= 4 is 5.57 Å². The molecule has 2 heterocycles. The number of hydrogen-bond acceptors (Lipinski definition) is 4. The predicted molar refractivity (Wildman–Crippen MR) is 89.9 cm³/mol. The van der Waals surface area contributed by atoms with Crippen LogP contribution in [-0.2, 0) is 0 Å². The third-order valence-corrected chi connectivity index (χ3v) is 3.64. The number of aliphatic hydroxyl groups excluding tert-OH is 1. The van der Waals surface area contributed by atoms with Crippen molar-refractivity contribution in [2.75, 3.05) is 6.61 Å². The monoisotopic (exact) mass is 302 g/mol. The van der Waals surface area contributed by atoms with Crippen molar-refractivity contribution in [2.24, 2.45) is 11.7 Å². The van der Waals surface area contributed by atoms with Gasteiger partial charge < -0.3 is 15.6 Å². The second-order valence-electron chi connectivity index (χ2n) is 5.28. The van der Waals surface area contributed by atoms with Crippen LogP contribution >= 0.6 is 0 Å². The van der Waals surface area contributed by atoms with Gasteiger partial charge in [-0.3, -0.25) is 0 Å². The summed E-state index contributed by atoms with van der Waals surface area (Å²) in [5.74, 6) is 2.17. The topological polar surface area (TPSA) is 68.4 Å². The van der Waals surface area contributed by atoms with Crippen LogP contribution in [0, 0.1) is 25.0 Å². The van der Waals surface area contributed by atoms with Crippen molar-refractivity contribution in [3.8, 4) is 17.9 Å². The van der Waals surface area contributed by atoms with Crippen molar-refractivity contribution in [2.45, 2.75) is 46.5 Å². The van der Waals surface area contributed by atoms with Crippen molar-refractivity contribution < 1.29 is 9.84 Å². The Morgan fingerprint density at radius 3 is 2.55 bits per heavy atom. The number of nitrogens with zero attached hydrogens (tertiary/aromatic N) is 1. The van der Waals surface area contributed by atoms with Crippen LogP contribution in [-0.4, -0.2) is 16.7 Å². The molecule has 4 heteroatoms. The van der Waals surface area contributed by atoms with Crippen molar-refractivity contribution in [1.82, 2.24) is 4.98 Å². The molecular formula is C18H26N2O2. The summed E-state index contributed by atoms with van der Waals surface area (Å²) in [6, 6.07) is 3.92. The minimum Gasteiger partial charge on any atom is -0.491 e. The summed E-state index contributed by atoms with van der Waals surface area (Å²) < 4.78 is 5.66. The van der Waals surface area contributed by atoms with Crippen LogP contribution in [0.5, 0.6) is 5.75 Å². The van der Waals surface area contributed by atoms with Gasteiger partial charge in [0.05, 0.1) is 18.0 Å². The molecule has 3 N–H and O–H groups in total. The number of aryl methyl sites for hydroxylation is 1. The van der Waals surface area contributed by atoms with Gasteiger partial charge in [0.2, 0.25) is 0 Å². The molecule has 1 aromatic heterocycles. The van der Waals surface area contributed by atoms with Gasteiger partial charge in [-0.1, -0.05) is 27.4 Å². The van der Waals surface area contributed by atoms with Crippen LogP contribution in [0.1, 0.15) is 56.5 Å². The van der Waals surface area contributed by atoms with E-state index in [1.807, 2.05) is 20.8 Å². The first-order valence-electron chi connectivity index (χ1n) is 7.76. The van der Waals surface area contributed by atoms with Crippen LogP contribution in [0.4, 0.5) is 0 Å². The van der Waals surface area contributed by atoms with E-state index in [4.69, 9.17) is 9.84 Å². The van der Waals surface area contributed by atoms with Crippen LogP contribution < -0.4 is 10.5 Å². The molecule has 0 amide bonds. The average molecular weight is 302 g/mol. The third kappa shape index (κ3) is 4.17. The zero-order valence-corrected chi connectivity index (χ0v) is 13.9. The predicted octanol–water partition coefficient (Wildman–Crippen LogP) is 3.57. The highest BCUT2D eigenvalue weighted by molar-refractivity contribution is 5.66. The maximum Gasteiger partial charge on any atom is 0.144 e. The first-order chi connectivity index (χ1) is 10.6. The fourth-order valence-electron chi connectivity index (χ4n) is 2.34. The Labute approximate surface area is 133 Å². The fourth-order valence-corrected chi connectivity index (χ4v) is 2.34. The van der Waals surface area contributed by atoms with Crippen molar-refractivity contribution in [3.63, 3.8) is 0 Å². The lowest BCUT2D eigenvalue weighted by atomic mass is 9.99. The molecule has 0 aromatic carbocycles. The summed E-state index contributed by atoms with van der Waals surface area (Å²) in [7, 11) is 0. The van der Waals surface area contributed by atoms with Crippen LogP contribution in [0.3, 0.4) is 0 Å². The first kappa shape index (κ1) is 17.9. The smallest absolute Gasteiger partial charge is 0.144 e. The molecule has 1 saturated carbocycles. The van der Waals surface area contributed by atoms with Gasteiger partial charge in [-0.2, -0.15) is 0 Å². The quantitative estimate of drug-likeness (QED) is 0.647. The Kier molecular flexibility index (Phi) is 6.78. The average Bonchev–Trinajstić information content (AvgIpc) is 3.33. The second kappa shape index (κ2) is 8.33. The molecule has 0 spiro atoms. The Hall–Kier alpha value is -2.15. The van der Waals surface area contributed by atoms with Crippen LogP contribution in [0.25, 0.3) is 5.57 Å². The van der Waals surface area contributed by atoms with E-state index in [0.29, 0.717) is 11.8 Å². The fraction of sp³-hybridized carbons (Fsp3) is 0.500. The summed E-state index contributed by atoms with van der Waals surface area (Å²) in [5, 5.41) is 7.39. The molecule has 1 atom stereocenters. The van der Waals surface area contributed by atoms with E-state index >= 15 is 0 Å². The number of aromatic nitrogens is 1. The Morgan fingerprint density at radius 2 is 2.05 bits per heavy atom. The molecule has 4 nitrogen and oxygen atoms in total. The molecule has 2 aliphatic rings. The van der Waals surface area contributed by atoms with Crippen LogP contribution in [0.15, 0.2) is 12.6 Å². The number of nitrogens with two attached hydrogens (primary N) is 1. The summed E-state index contributed by atoms with van der Waals surface area (Å²) in [5.41, 5.74) is 9.03. The standard InChI is InChI=1S/C14H17NO.C2H3NO.C2H6/c1-8-7-16-14-10(3)15-13(6-12(8)14)9(2)11-4-5-11;3-1-2-4;1-2/h6,8,11H,2,4-5,7H2,1,3H3;4H,3H2;1-2H3. The maximum absolute atomic E-state index is 7.39. The largest absolute Gasteiger partial charge is 0.491 e. The molecule has 120 valence electrons. The number of fused-ring (bicyclic) bond motifs is 1. The highest BCUT2D eigenvalue weighted by Crippen LogP contribution is 2.43. The van der Waals surface area contributed by atoms with Crippen molar-refractivity contribution in [1.29, 1.82) is 0 Å². The third-order valence-electron chi connectivity index (χ3n) is 3.64. The van der Waals surface area contributed by atoms with Gasteiger partial charge in [-0.15, -0.1) is 0 Å². The van der Waals surface area contributed by atoms with E-state index in [0.717, 1.165) is 23.7 Å². The van der Waals surface area contributed by atoms with E-state index < -0.39 is 0 Å². The molecule has 1 aliphatic heterocycles. The highest BCUT2D eigenvalue weighted by Gasteiger charge is 2.29. The molecule has 0 radical (unpaired) electrons. The zero-order chi connectivity index (χ0) is 16.7. The summed E-state index contributed by atoms with van der Waals surface area (Å²) in [4.78, 5) is 4.62. The lowest BCUT2D eigenvalue weighted by Gasteiger charge is -2.09. The van der Waals surface area contributed by atoms with Gasteiger partial charge in [0.15, 0.2) is 0 Å². The molecular weight excluding hydrogens is 276 g/mol. The number of allylic oxidation sites excluding steroid dienone is 1. The number of rotatable bonds is 2. The lowest BCUT2D eigenvalue weighted by Crippen LogP contribution is -1.96. The Morgan fingerprint density at radius 1 is 1.45 bits per heavy atom. The molecule has 1 unspecified atom stereocenters. The first-order valence-corrected chi connectivity index (χ1v) is 7.76. The molecule has 0 saturated heterocycles. The van der Waals surface area contributed by atoms with Gasteiger partial charge in [-0.05, 0) is 37.3 Å². The van der Waals surface area contributed by atoms with Crippen molar-refractivity contribution in [3.05, 3.63) is 29.6 Å². The lowest BCUT2D eigenvalue weighted by molar-refractivity contribution is 0.334. The van der Waals surface area contributed by atoms with E-state index in [-0.39, 0.29) is 0 Å². The summed E-state index contributed by atoms with van der Waals surface area (Å²) in [6.07, 6.45) is 4.02. The molecule has 3 rings (SSSR count). The number of hydrogen-bond donors (Lipinski definition) is 2. The molecule has 0 bridgehead atoms. The number of aliphatic hydroxyl groups is 1. The second-order valence-corrected chi connectivity index (χ2v) is 5.28. The maximum atomic E-state index is 7.39. The molecule has 1 aromatic rings. The molecule has 1 aliphatic carbocycles. The van der Waals surface area contributed by atoms with E-state index in [2.05, 4.69) is 30.3 Å². The normalized spacial score (nSPS) is 17.4. The zero-order valence-electron chi connectivity index (χ0n) is 13.9. The Balaban J connectivity index is 0.000000354. The van der Waals surface area contributed by atoms with Crippen LogP contribution in [0.2, 0.25) is 0 Å². The minimum absolute atomic E-state index is 0.488. The summed E-state index contributed by atoms with van der Waals surface area (Å²) in [6.45, 7) is 13.2. The molecule has 22 heavy (non-hydrogen) atoms. The van der Waals surface area contributed by atoms with Gasteiger partial charge in [0.25, 0.3) is 0 Å². The highest BCUT2D eigenvalue weighted by atomic mass is 16.5. The number of ether oxygens (including phenoxy) is 1. The number of pyridine rings is 1. The van der Waals surface area contributed by atoms with E-state index in [9.17, 15) is 0 Å². The van der Waals surface area contributed by atoms with E-state index in [1.54, 1.807) is 6.04 Å². The van der Waals surface area contributed by atoms with E-state index in [1.165, 1.54) is 30.1 Å². The Bertz CT molecular complexity index is 575. The van der Waals surface area contributed by atoms with Gasteiger partial charge >= 0.3 is 0 Å². The van der Waals surface area contributed by atoms with Gasteiger partial charge in [-0.25, -0.2) is 4.98 Å².